The number of aryl methyl sites for hydroxylation is 2. The third-order valence-corrected chi connectivity index (χ3v) is 7.04. The minimum atomic E-state index is -4.73. The maximum Gasteiger partial charge on any atom is 1.00 e. The summed E-state index contributed by atoms with van der Waals surface area (Å²) in [6.07, 6.45) is 1.48. The quantitative estimate of drug-likeness (QED) is 0.156. The summed E-state index contributed by atoms with van der Waals surface area (Å²) in [5, 5.41) is 22.5. The molecule has 0 aliphatic carbocycles. The third kappa shape index (κ3) is 6.83. The first-order chi connectivity index (χ1) is 16.9. The number of hydrogen-bond donors (Lipinski definition) is 1. The summed E-state index contributed by atoms with van der Waals surface area (Å²) in [6.45, 7) is 3.37. The molecule has 37 heavy (non-hydrogen) atoms. The molecule has 186 valence electrons. The molecule has 0 unspecified atom stereocenters. The Morgan fingerprint density at radius 2 is 1.54 bits per heavy atom. The zero-order valence-corrected chi connectivity index (χ0v) is 23.6. The summed E-state index contributed by atoms with van der Waals surface area (Å²) in [6, 6.07) is 15.7. The fourth-order valence-corrected chi connectivity index (χ4v) is 4.73. The summed E-state index contributed by atoms with van der Waals surface area (Å²) in [5.74, 6) is -0.155. The second-order valence-corrected chi connectivity index (χ2v) is 10.7. The Bertz CT molecular complexity index is 1640. The van der Waals surface area contributed by atoms with Crippen LogP contribution in [0.3, 0.4) is 0 Å². The number of aromatic nitrogens is 2. The van der Waals surface area contributed by atoms with Crippen LogP contribution in [0, 0.1) is 13.8 Å². The number of rotatable bonds is 7. The zero-order valence-electron chi connectivity index (χ0n) is 19.9. The maximum atomic E-state index is 12.4. The van der Waals surface area contributed by atoms with Gasteiger partial charge in [-0.25, -0.2) is 13.1 Å². The molecular formula is C23H19N4NaO7S2. The van der Waals surface area contributed by atoms with E-state index in [1.165, 1.54) is 60.3 Å². The van der Waals surface area contributed by atoms with Gasteiger partial charge in [0.15, 0.2) is 5.82 Å². The molecule has 1 heterocycles. The maximum absolute atomic E-state index is 12.4. The number of benzene rings is 3. The topological polar surface area (TPSA) is 163 Å². The van der Waals surface area contributed by atoms with E-state index in [0.717, 1.165) is 17.7 Å². The van der Waals surface area contributed by atoms with Gasteiger partial charge in [-0.05, 0) is 67.9 Å². The molecule has 1 aromatic heterocycles. The summed E-state index contributed by atoms with van der Waals surface area (Å²) >= 11 is 0. The van der Waals surface area contributed by atoms with E-state index in [1.54, 1.807) is 12.1 Å². The van der Waals surface area contributed by atoms with E-state index in [0.29, 0.717) is 11.3 Å². The van der Waals surface area contributed by atoms with Crippen molar-refractivity contribution >= 4 is 31.7 Å². The van der Waals surface area contributed by atoms with E-state index in [-0.39, 0.29) is 51.7 Å². The first-order valence-corrected chi connectivity index (χ1v) is 13.1. The van der Waals surface area contributed by atoms with Crippen LogP contribution in [0.5, 0.6) is 11.5 Å². The number of azo groups is 1. The van der Waals surface area contributed by atoms with Crippen molar-refractivity contribution in [2.24, 2.45) is 10.2 Å². The van der Waals surface area contributed by atoms with E-state index >= 15 is 0 Å². The van der Waals surface area contributed by atoms with Crippen LogP contribution < -0.4 is 33.7 Å². The fraction of sp³-hybridized carbons (Fsp3) is 0.0870. The van der Waals surface area contributed by atoms with Crippen LogP contribution in [0.2, 0.25) is 0 Å². The zero-order chi connectivity index (χ0) is 26.1. The summed E-state index contributed by atoms with van der Waals surface area (Å²) < 4.78 is 64.9. The van der Waals surface area contributed by atoms with Gasteiger partial charge in [0.05, 0.1) is 10.6 Å². The van der Waals surface area contributed by atoms with Gasteiger partial charge >= 0.3 is 39.7 Å². The summed E-state index contributed by atoms with van der Waals surface area (Å²) in [5.41, 5.74) is 1.81. The van der Waals surface area contributed by atoms with Gasteiger partial charge in [0.25, 0.3) is 0 Å². The molecule has 0 atom stereocenters. The Balaban J connectivity index is 0.00000380. The molecule has 3 aromatic carbocycles. The molecule has 11 nitrogen and oxygen atoms in total. The van der Waals surface area contributed by atoms with Crippen LogP contribution in [-0.2, 0) is 20.2 Å². The average Bonchev–Trinajstić information content (AvgIpc) is 3.26. The summed E-state index contributed by atoms with van der Waals surface area (Å²) in [7, 11) is -8.70. The SMILES string of the molecule is Cc1ccc(S(=O)(=O)Oc2ccc(N=Nc3ccn(-c4c(C)cc(S(=O)(=O)[O-])cc4O)n3)cc2)cc1.[Na+]. The Labute approximate surface area is 235 Å². The van der Waals surface area contributed by atoms with E-state index in [9.17, 15) is 26.5 Å². The van der Waals surface area contributed by atoms with Gasteiger partial charge in [-0.1, -0.05) is 17.7 Å². The Morgan fingerprint density at radius 1 is 0.892 bits per heavy atom. The van der Waals surface area contributed by atoms with Crippen molar-refractivity contribution < 1.29 is 60.2 Å². The van der Waals surface area contributed by atoms with E-state index in [1.807, 2.05) is 6.92 Å². The first kappa shape index (κ1) is 28.5. The van der Waals surface area contributed by atoms with Gasteiger partial charge in [-0.3, -0.25) is 0 Å². The van der Waals surface area contributed by atoms with Crippen LogP contribution in [0.4, 0.5) is 11.5 Å². The van der Waals surface area contributed by atoms with Crippen molar-refractivity contribution in [3.05, 3.63) is 84.1 Å². The summed E-state index contributed by atoms with van der Waals surface area (Å²) in [4.78, 5) is -0.509. The normalized spacial score (nSPS) is 11.9. The smallest absolute Gasteiger partial charge is 0.744 e. The van der Waals surface area contributed by atoms with Crippen LogP contribution in [-0.4, -0.2) is 36.3 Å². The number of phenolic OH excluding ortho intramolecular Hbond substituents is 1. The molecule has 0 amide bonds. The first-order valence-electron chi connectivity index (χ1n) is 10.3. The Kier molecular flexibility index (Phi) is 8.57. The Hall–Kier alpha value is -3.07. The van der Waals surface area contributed by atoms with Crippen LogP contribution in [0.1, 0.15) is 11.1 Å². The molecule has 0 radical (unpaired) electrons. The molecule has 14 heteroatoms. The van der Waals surface area contributed by atoms with Crippen molar-refractivity contribution in [3.63, 3.8) is 0 Å². The second-order valence-electron chi connectivity index (χ2n) is 7.72. The van der Waals surface area contributed by atoms with Crippen molar-refractivity contribution in [2.45, 2.75) is 23.6 Å². The minimum Gasteiger partial charge on any atom is -0.744 e. The van der Waals surface area contributed by atoms with Crippen molar-refractivity contribution in [1.82, 2.24) is 9.78 Å². The van der Waals surface area contributed by atoms with E-state index < -0.39 is 30.9 Å². The minimum absolute atomic E-state index is 0. The largest absolute Gasteiger partial charge is 1.00 e. The standard InChI is InChI=1S/C23H20N4O7S2.Na/c1-15-3-9-19(10-4-15)36(32,33)34-18-7-5-17(6-8-18)24-25-22-11-12-27(26-22)23-16(2)13-20(14-21(23)28)35(29,30)31;/h3-14,28H,1-2H3,(H,29,30,31);/q;+1/p-1. The predicted octanol–water partition coefficient (Wildman–Crippen LogP) is 1.29. The van der Waals surface area contributed by atoms with Crippen molar-refractivity contribution in [1.29, 1.82) is 0 Å². The fourth-order valence-electron chi connectivity index (χ4n) is 3.22. The number of hydrogen-bond acceptors (Lipinski definition) is 10. The van der Waals surface area contributed by atoms with Gasteiger partial charge in [0.2, 0.25) is 0 Å². The van der Waals surface area contributed by atoms with Gasteiger partial charge in [-0.15, -0.1) is 15.3 Å². The van der Waals surface area contributed by atoms with Crippen LogP contribution >= 0.6 is 0 Å². The van der Waals surface area contributed by atoms with Gasteiger partial charge < -0.3 is 13.8 Å². The average molecular weight is 551 g/mol. The second kappa shape index (κ2) is 11.1. The molecule has 0 fully saturated rings. The van der Waals surface area contributed by atoms with E-state index in [2.05, 4.69) is 15.3 Å². The van der Waals surface area contributed by atoms with E-state index in [4.69, 9.17) is 4.18 Å². The molecule has 0 aliphatic heterocycles. The van der Waals surface area contributed by atoms with Crippen LogP contribution in [0.25, 0.3) is 5.69 Å². The van der Waals surface area contributed by atoms with Crippen molar-refractivity contribution in [2.75, 3.05) is 0 Å². The number of aromatic hydroxyl groups is 1. The van der Waals surface area contributed by atoms with Gasteiger partial charge in [0.1, 0.15) is 32.2 Å². The number of nitrogens with zero attached hydrogens (tertiary/aromatic N) is 4. The Morgan fingerprint density at radius 3 is 2.14 bits per heavy atom. The molecular weight excluding hydrogens is 531 g/mol. The van der Waals surface area contributed by atoms with Crippen molar-refractivity contribution in [3.8, 4) is 17.2 Å². The molecule has 4 aromatic rings. The van der Waals surface area contributed by atoms with Gasteiger partial charge in [-0.2, -0.15) is 8.42 Å². The molecule has 0 spiro atoms. The molecule has 0 bridgehead atoms. The third-order valence-electron chi connectivity index (χ3n) is 4.97. The van der Waals surface area contributed by atoms with Crippen LogP contribution in [0.15, 0.2) is 92.9 Å². The molecule has 1 N–H and O–H groups in total. The molecule has 0 aliphatic rings. The predicted molar refractivity (Wildman–Crippen MR) is 128 cm³/mol. The molecule has 0 saturated carbocycles. The van der Waals surface area contributed by atoms with Gasteiger partial charge in [0, 0.05) is 12.3 Å². The number of phenols is 1. The monoisotopic (exact) mass is 550 g/mol. The molecule has 0 saturated heterocycles. The molecule has 4 rings (SSSR count).